The van der Waals surface area contributed by atoms with Crippen LogP contribution in [0.2, 0.25) is 0 Å². The van der Waals surface area contributed by atoms with E-state index in [0.717, 1.165) is 11.3 Å². The lowest BCUT2D eigenvalue weighted by Crippen LogP contribution is -2.48. The van der Waals surface area contributed by atoms with E-state index in [2.05, 4.69) is 10.3 Å². The van der Waals surface area contributed by atoms with Gasteiger partial charge in [0, 0.05) is 6.04 Å². The maximum atomic E-state index is 12.7. The molecule has 0 aromatic carbocycles. The van der Waals surface area contributed by atoms with Crippen LogP contribution in [0.15, 0.2) is 6.20 Å². The normalized spacial score (nSPS) is 16.7. The van der Waals surface area contributed by atoms with Crippen LogP contribution in [0.4, 0.5) is 13.2 Å². The maximum absolute atomic E-state index is 12.7. The third kappa shape index (κ3) is 3.74. The van der Waals surface area contributed by atoms with Crippen molar-refractivity contribution in [2.24, 2.45) is 0 Å². The second-order valence-corrected chi connectivity index (χ2v) is 6.35. The van der Waals surface area contributed by atoms with Crippen LogP contribution in [-0.2, 0) is 5.54 Å². The molecule has 1 aliphatic rings. The van der Waals surface area contributed by atoms with Crippen LogP contribution in [-0.4, -0.2) is 44.6 Å². The molecular weight excluding hydrogens is 285 g/mol. The summed E-state index contributed by atoms with van der Waals surface area (Å²) in [4.78, 5) is 13.2. The molecular formula is C13H19F3N4O. The fourth-order valence-corrected chi connectivity index (χ4v) is 2.10. The van der Waals surface area contributed by atoms with Gasteiger partial charge in [0.15, 0.2) is 5.69 Å². The van der Waals surface area contributed by atoms with Crippen LogP contribution < -0.4 is 0 Å². The Kier molecular flexibility index (Phi) is 3.99. The van der Waals surface area contributed by atoms with Crippen LogP contribution in [0.5, 0.6) is 0 Å². The molecule has 1 saturated carbocycles. The average molecular weight is 304 g/mol. The van der Waals surface area contributed by atoms with Gasteiger partial charge in [0.25, 0.3) is 5.91 Å². The number of nitrogens with zero attached hydrogens (tertiary/aromatic N) is 4. The zero-order valence-corrected chi connectivity index (χ0v) is 12.3. The molecule has 1 fully saturated rings. The molecule has 118 valence electrons. The molecule has 8 heteroatoms. The summed E-state index contributed by atoms with van der Waals surface area (Å²) in [5, 5.41) is 7.56. The molecule has 0 saturated heterocycles. The van der Waals surface area contributed by atoms with E-state index in [4.69, 9.17) is 0 Å². The highest BCUT2D eigenvalue weighted by Gasteiger charge is 2.39. The molecule has 5 nitrogen and oxygen atoms in total. The molecule has 1 heterocycles. The van der Waals surface area contributed by atoms with Crippen LogP contribution in [0.25, 0.3) is 0 Å². The van der Waals surface area contributed by atoms with Gasteiger partial charge in [-0.3, -0.25) is 4.79 Å². The quantitative estimate of drug-likeness (QED) is 0.862. The van der Waals surface area contributed by atoms with E-state index in [1.54, 1.807) is 0 Å². The van der Waals surface area contributed by atoms with E-state index in [1.165, 1.54) is 10.9 Å². The number of alkyl halides is 3. The smallest absolute Gasteiger partial charge is 0.325 e. The minimum atomic E-state index is -4.41. The first-order chi connectivity index (χ1) is 9.58. The molecule has 0 atom stereocenters. The number of halogens is 3. The Morgan fingerprint density at radius 1 is 1.38 bits per heavy atom. The SMILES string of the molecule is CC(C)(C)n1cc(C(=O)N(CC(F)(F)F)C2CCC2)nn1. The lowest BCUT2D eigenvalue weighted by atomic mass is 9.91. The summed E-state index contributed by atoms with van der Waals surface area (Å²) in [5.74, 6) is -0.701. The van der Waals surface area contributed by atoms with Crippen molar-refractivity contribution in [2.45, 2.75) is 57.8 Å². The predicted octanol–water partition coefficient (Wildman–Crippen LogP) is 2.59. The molecule has 0 radical (unpaired) electrons. The highest BCUT2D eigenvalue weighted by molar-refractivity contribution is 5.92. The Morgan fingerprint density at radius 3 is 2.38 bits per heavy atom. The fraction of sp³-hybridized carbons (Fsp3) is 0.769. The van der Waals surface area contributed by atoms with Crippen molar-refractivity contribution < 1.29 is 18.0 Å². The van der Waals surface area contributed by atoms with E-state index in [9.17, 15) is 18.0 Å². The summed E-state index contributed by atoms with van der Waals surface area (Å²) >= 11 is 0. The maximum Gasteiger partial charge on any atom is 0.406 e. The number of hydrogen-bond acceptors (Lipinski definition) is 3. The molecule has 2 rings (SSSR count). The zero-order chi connectivity index (χ0) is 15.8. The minimum Gasteiger partial charge on any atom is -0.325 e. The lowest BCUT2D eigenvalue weighted by molar-refractivity contribution is -0.147. The summed E-state index contributed by atoms with van der Waals surface area (Å²) in [6.45, 7) is 4.37. The summed E-state index contributed by atoms with van der Waals surface area (Å²) < 4.78 is 39.5. The van der Waals surface area contributed by atoms with Gasteiger partial charge in [-0.05, 0) is 40.0 Å². The Morgan fingerprint density at radius 2 is 2.00 bits per heavy atom. The number of aromatic nitrogens is 3. The van der Waals surface area contributed by atoms with E-state index >= 15 is 0 Å². The topological polar surface area (TPSA) is 51.0 Å². The summed E-state index contributed by atoms with van der Waals surface area (Å²) in [6.07, 6.45) is -0.943. The van der Waals surface area contributed by atoms with Gasteiger partial charge >= 0.3 is 6.18 Å². The van der Waals surface area contributed by atoms with Gasteiger partial charge in [-0.25, -0.2) is 4.68 Å². The molecule has 0 unspecified atom stereocenters. The average Bonchev–Trinajstić information content (AvgIpc) is 2.71. The van der Waals surface area contributed by atoms with Gasteiger partial charge in [0.1, 0.15) is 6.54 Å². The third-order valence-corrected chi connectivity index (χ3v) is 3.53. The van der Waals surface area contributed by atoms with E-state index in [1.807, 2.05) is 20.8 Å². The second kappa shape index (κ2) is 5.31. The summed E-state index contributed by atoms with van der Waals surface area (Å²) in [6, 6.07) is -0.348. The van der Waals surface area contributed by atoms with Gasteiger partial charge < -0.3 is 4.90 Å². The molecule has 0 spiro atoms. The summed E-state index contributed by atoms with van der Waals surface area (Å²) in [5.41, 5.74) is -0.419. The minimum absolute atomic E-state index is 0.0407. The molecule has 1 amide bonds. The molecule has 0 bridgehead atoms. The van der Waals surface area contributed by atoms with E-state index in [-0.39, 0.29) is 17.3 Å². The van der Waals surface area contributed by atoms with Crippen molar-refractivity contribution >= 4 is 5.91 Å². The summed E-state index contributed by atoms with van der Waals surface area (Å²) in [7, 11) is 0. The Bertz CT molecular complexity index is 514. The largest absolute Gasteiger partial charge is 0.406 e. The Balaban J connectivity index is 2.19. The highest BCUT2D eigenvalue weighted by atomic mass is 19.4. The molecule has 0 aliphatic heterocycles. The van der Waals surface area contributed by atoms with Crippen molar-refractivity contribution in [1.29, 1.82) is 0 Å². The van der Waals surface area contributed by atoms with Crippen molar-refractivity contribution in [1.82, 2.24) is 19.9 Å². The van der Waals surface area contributed by atoms with Crippen LogP contribution in [0.3, 0.4) is 0 Å². The van der Waals surface area contributed by atoms with Crippen molar-refractivity contribution in [3.63, 3.8) is 0 Å². The first-order valence-electron chi connectivity index (χ1n) is 6.88. The standard InChI is InChI=1S/C13H19F3N4O/c1-12(2,3)20-7-10(17-18-20)11(21)19(8-13(14,15)16)9-5-4-6-9/h7,9H,4-6,8H2,1-3H3. The number of carbonyl (C=O) groups is 1. The van der Waals surface area contributed by atoms with Crippen molar-refractivity contribution in [3.8, 4) is 0 Å². The van der Waals surface area contributed by atoms with Crippen LogP contribution in [0.1, 0.15) is 50.5 Å². The molecule has 1 aromatic heterocycles. The monoisotopic (exact) mass is 304 g/mol. The second-order valence-electron chi connectivity index (χ2n) is 6.35. The van der Waals surface area contributed by atoms with Crippen molar-refractivity contribution in [2.75, 3.05) is 6.54 Å². The Labute approximate surface area is 121 Å². The predicted molar refractivity (Wildman–Crippen MR) is 69.7 cm³/mol. The Hall–Kier alpha value is -1.60. The zero-order valence-electron chi connectivity index (χ0n) is 12.3. The highest BCUT2D eigenvalue weighted by Crippen LogP contribution is 2.29. The fourth-order valence-electron chi connectivity index (χ4n) is 2.10. The number of rotatable bonds is 3. The number of amides is 1. The van der Waals surface area contributed by atoms with Gasteiger partial charge in [-0.15, -0.1) is 5.10 Å². The van der Waals surface area contributed by atoms with E-state index < -0.39 is 18.6 Å². The third-order valence-electron chi connectivity index (χ3n) is 3.53. The number of hydrogen-bond donors (Lipinski definition) is 0. The lowest BCUT2D eigenvalue weighted by Gasteiger charge is -2.37. The first-order valence-corrected chi connectivity index (χ1v) is 6.88. The van der Waals surface area contributed by atoms with Gasteiger partial charge in [-0.2, -0.15) is 13.2 Å². The van der Waals surface area contributed by atoms with Gasteiger partial charge in [0.05, 0.1) is 11.7 Å². The van der Waals surface area contributed by atoms with E-state index in [0.29, 0.717) is 12.8 Å². The van der Waals surface area contributed by atoms with Gasteiger partial charge in [0.2, 0.25) is 0 Å². The molecule has 0 N–H and O–H groups in total. The first kappa shape index (κ1) is 15.8. The molecule has 21 heavy (non-hydrogen) atoms. The number of carbonyl (C=O) groups excluding carboxylic acids is 1. The van der Waals surface area contributed by atoms with Gasteiger partial charge in [-0.1, -0.05) is 5.21 Å². The van der Waals surface area contributed by atoms with Crippen LogP contribution in [0, 0.1) is 0 Å². The van der Waals surface area contributed by atoms with Crippen molar-refractivity contribution in [3.05, 3.63) is 11.9 Å². The molecule has 1 aromatic rings. The van der Waals surface area contributed by atoms with Crippen LogP contribution >= 0.6 is 0 Å². The molecule has 1 aliphatic carbocycles.